The Morgan fingerprint density at radius 3 is 2.55 bits per heavy atom. The van der Waals surface area contributed by atoms with E-state index in [1.54, 1.807) is 30.5 Å². The summed E-state index contributed by atoms with van der Waals surface area (Å²) in [4.78, 5) is 24.6. The van der Waals surface area contributed by atoms with Crippen LogP contribution in [0.2, 0.25) is 10.0 Å². The Labute approximate surface area is 178 Å². The summed E-state index contributed by atoms with van der Waals surface area (Å²) in [5.74, 6) is 0.366. The maximum atomic E-state index is 12.7. The van der Waals surface area contributed by atoms with Crippen molar-refractivity contribution in [2.45, 2.75) is 44.6 Å². The van der Waals surface area contributed by atoms with Crippen molar-refractivity contribution in [3.63, 3.8) is 0 Å². The Morgan fingerprint density at radius 1 is 1.14 bits per heavy atom. The number of hydrogen-bond acceptors (Lipinski definition) is 4. The fourth-order valence-corrected chi connectivity index (χ4v) is 4.63. The highest BCUT2D eigenvalue weighted by Crippen LogP contribution is 2.56. The van der Waals surface area contributed by atoms with E-state index in [1.165, 1.54) is 25.7 Å². The zero-order valence-electron chi connectivity index (χ0n) is 15.8. The first-order chi connectivity index (χ1) is 14.0. The Balaban J connectivity index is 1.30. The molecule has 0 radical (unpaired) electrons. The van der Waals surface area contributed by atoms with E-state index in [0.29, 0.717) is 43.8 Å². The fourth-order valence-electron chi connectivity index (χ4n) is 4.13. The summed E-state index contributed by atoms with van der Waals surface area (Å²) in [6.07, 6.45) is 8.90. The molecule has 3 N–H and O–H groups in total. The average Bonchev–Trinajstić information content (AvgIpc) is 3.34. The quantitative estimate of drug-likeness (QED) is 0.513. The van der Waals surface area contributed by atoms with Gasteiger partial charge in [0, 0.05) is 12.2 Å². The summed E-state index contributed by atoms with van der Waals surface area (Å²) in [5.41, 5.74) is 2.88. The first-order valence-corrected chi connectivity index (χ1v) is 10.6. The number of nitrogens with zero attached hydrogens (tertiary/aromatic N) is 2. The van der Waals surface area contributed by atoms with Crippen LogP contribution in [0.25, 0.3) is 11.2 Å². The maximum absolute atomic E-state index is 12.7. The molecule has 2 fully saturated rings. The first kappa shape index (κ1) is 18.7. The molecule has 2 aliphatic carbocycles. The molecule has 0 aliphatic heterocycles. The molecule has 5 rings (SSSR count). The number of imidazole rings is 1. The second-order valence-corrected chi connectivity index (χ2v) is 8.96. The number of para-hydroxylation sites is 1. The van der Waals surface area contributed by atoms with Gasteiger partial charge in [-0.2, -0.15) is 0 Å². The molecule has 1 amide bonds. The zero-order chi connectivity index (χ0) is 20.0. The fraction of sp³-hybridized carbons (Fsp3) is 0.381. The van der Waals surface area contributed by atoms with Crippen LogP contribution in [0.4, 0.5) is 11.6 Å². The lowest BCUT2D eigenvalue weighted by Crippen LogP contribution is -2.38. The molecule has 2 saturated carbocycles. The number of nitrogens with one attached hydrogen (secondary N) is 3. The highest BCUT2D eigenvalue weighted by Gasteiger charge is 2.44. The highest BCUT2D eigenvalue weighted by molar-refractivity contribution is 6.39. The van der Waals surface area contributed by atoms with Gasteiger partial charge >= 0.3 is 0 Å². The highest BCUT2D eigenvalue weighted by atomic mass is 35.5. The van der Waals surface area contributed by atoms with Gasteiger partial charge in [0.05, 0.1) is 21.3 Å². The van der Waals surface area contributed by atoms with E-state index in [2.05, 4.69) is 25.6 Å². The number of carbonyl (C=O) groups is 1. The van der Waals surface area contributed by atoms with Gasteiger partial charge in [-0.25, -0.2) is 9.97 Å². The van der Waals surface area contributed by atoms with Crippen LogP contribution in [0, 0.1) is 5.41 Å². The summed E-state index contributed by atoms with van der Waals surface area (Å²) in [5, 5.41) is 7.23. The van der Waals surface area contributed by atoms with Crippen LogP contribution in [0.5, 0.6) is 0 Å². The van der Waals surface area contributed by atoms with Crippen molar-refractivity contribution in [3.8, 4) is 0 Å². The summed E-state index contributed by atoms with van der Waals surface area (Å²) < 4.78 is 0. The number of anilines is 2. The van der Waals surface area contributed by atoms with Gasteiger partial charge in [0.15, 0.2) is 5.65 Å². The molecule has 2 aliphatic rings. The summed E-state index contributed by atoms with van der Waals surface area (Å²) >= 11 is 12.4. The van der Waals surface area contributed by atoms with Crippen molar-refractivity contribution in [1.82, 2.24) is 20.3 Å². The minimum absolute atomic E-state index is 0.0946. The zero-order valence-corrected chi connectivity index (χ0v) is 17.3. The van der Waals surface area contributed by atoms with E-state index in [0.717, 1.165) is 12.8 Å². The number of amides is 1. The third-order valence-electron chi connectivity index (χ3n) is 6.14. The van der Waals surface area contributed by atoms with Crippen molar-refractivity contribution in [1.29, 1.82) is 0 Å². The largest absolute Gasteiger partial charge is 0.349 e. The smallest absolute Gasteiger partial charge is 0.253 e. The van der Waals surface area contributed by atoms with Crippen molar-refractivity contribution < 1.29 is 4.79 Å². The number of benzene rings is 1. The molecular formula is C21H21Cl2N5O. The maximum Gasteiger partial charge on any atom is 0.253 e. The lowest BCUT2D eigenvalue weighted by Gasteiger charge is -2.29. The first-order valence-electron chi connectivity index (χ1n) is 9.89. The van der Waals surface area contributed by atoms with E-state index in [4.69, 9.17) is 23.2 Å². The second kappa shape index (κ2) is 7.18. The number of H-pyrrole nitrogens is 1. The average molecular weight is 430 g/mol. The standard InChI is InChI=1S/C21H21Cl2N5O/c22-14-2-1-3-15(23)17(14)27-20-26-16-10-12(11-24-18(16)28-20)19(29)25-13-4-6-21(7-5-13)8-9-21/h1-3,10-11,13H,4-9H2,(H,25,29)(H2,24,26,27,28). The molecule has 1 aromatic carbocycles. The predicted octanol–water partition coefficient (Wildman–Crippen LogP) is 5.46. The van der Waals surface area contributed by atoms with E-state index in [1.807, 2.05) is 0 Å². The molecule has 0 unspecified atom stereocenters. The number of fused-ring (bicyclic) bond motifs is 1. The van der Waals surface area contributed by atoms with Crippen molar-refractivity contribution >= 4 is 51.9 Å². The third-order valence-corrected chi connectivity index (χ3v) is 6.77. The number of carbonyl (C=O) groups excluding carboxylic acids is 1. The number of aromatic nitrogens is 3. The Bertz CT molecular complexity index is 1060. The molecule has 6 nitrogen and oxygen atoms in total. The number of rotatable bonds is 4. The minimum Gasteiger partial charge on any atom is -0.349 e. The van der Waals surface area contributed by atoms with Crippen molar-refractivity contribution in [3.05, 3.63) is 46.1 Å². The van der Waals surface area contributed by atoms with Crippen LogP contribution >= 0.6 is 23.2 Å². The molecule has 8 heteroatoms. The van der Waals surface area contributed by atoms with Gasteiger partial charge in [-0.1, -0.05) is 29.3 Å². The van der Waals surface area contributed by atoms with Gasteiger partial charge in [0.1, 0.15) is 5.52 Å². The second-order valence-electron chi connectivity index (χ2n) is 8.15. The molecule has 150 valence electrons. The van der Waals surface area contributed by atoms with Crippen LogP contribution < -0.4 is 10.6 Å². The molecule has 0 bridgehead atoms. The molecule has 3 aromatic rings. The van der Waals surface area contributed by atoms with Gasteiger partial charge in [-0.05, 0) is 62.1 Å². The van der Waals surface area contributed by atoms with Crippen molar-refractivity contribution in [2.75, 3.05) is 5.32 Å². The molecule has 1 spiro atoms. The van der Waals surface area contributed by atoms with Crippen LogP contribution in [-0.2, 0) is 0 Å². The summed E-state index contributed by atoms with van der Waals surface area (Å²) in [6.45, 7) is 0. The molecule has 2 heterocycles. The predicted molar refractivity (Wildman–Crippen MR) is 115 cm³/mol. The number of aromatic amines is 1. The molecular weight excluding hydrogens is 409 g/mol. The SMILES string of the molecule is O=C(NC1CCC2(CC1)CC2)c1cnc2[nH]c(Nc3c(Cl)cccc3Cl)nc2c1. The number of halogens is 2. The number of hydrogen-bond donors (Lipinski definition) is 3. The Hall–Kier alpha value is -2.31. The monoisotopic (exact) mass is 429 g/mol. The lowest BCUT2D eigenvalue weighted by molar-refractivity contribution is 0.0919. The summed E-state index contributed by atoms with van der Waals surface area (Å²) in [7, 11) is 0. The van der Waals surface area contributed by atoms with Gasteiger partial charge in [-0.3, -0.25) is 4.79 Å². The topological polar surface area (TPSA) is 82.7 Å². The molecule has 0 atom stereocenters. The van der Waals surface area contributed by atoms with Crippen LogP contribution in [0.1, 0.15) is 48.9 Å². The van der Waals surface area contributed by atoms with Gasteiger partial charge in [0.2, 0.25) is 5.95 Å². The van der Waals surface area contributed by atoms with Gasteiger partial charge in [-0.15, -0.1) is 0 Å². The van der Waals surface area contributed by atoms with Crippen LogP contribution in [-0.4, -0.2) is 26.9 Å². The molecule has 2 aromatic heterocycles. The van der Waals surface area contributed by atoms with Crippen LogP contribution in [0.3, 0.4) is 0 Å². The number of pyridine rings is 1. The minimum atomic E-state index is -0.0946. The summed E-state index contributed by atoms with van der Waals surface area (Å²) in [6, 6.07) is 7.27. The molecule has 0 saturated heterocycles. The third kappa shape index (κ3) is 3.79. The van der Waals surface area contributed by atoms with E-state index in [-0.39, 0.29) is 11.9 Å². The Kier molecular flexibility index (Phi) is 4.63. The normalized spacial score (nSPS) is 18.1. The lowest BCUT2D eigenvalue weighted by atomic mass is 9.83. The van der Waals surface area contributed by atoms with E-state index >= 15 is 0 Å². The molecule has 29 heavy (non-hydrogen) atoms. The Morgan fingerprint density at radius 2 is 1.86 bits per heavy atom. The van der Waals surface area contributed by atoms with Crippen molar-refractivity contribution in [2.24, 2.45) is 5.41 Å². The van der Waals surface area contributed by atoms with E-state index < -0.39 is 0 Å². The van der Waals surface area contributed by atoms with Crippen LogP contribution in [0.15, 0.2) is 30.5 Å². The van der Waals surface area contributed by atoms with Gasteiger partial charge < -0.3 is 15.6 Å². The van der Waals surface area contributed by atoms with Gasteiger partial charge in [0.25, 0.3) is 5.91 Å². The van der Waals surface area contributed by atoms with E-state index in [9.17, 15) is 4.79 Å².